The SMILES string of the molecule is Fc1cccc(Oc2cnc(C3CCNC3)nc2)c1. The summed E-state index contributed by atoms with van der Waals surface area (Å²) in [6.45, 7) is 1.93. The van der Waals surface area contributed by atoms with Gasteiger partial charge in [0.1, 0.15) is 17.4 Å². The second-order valence-corrected chi connectivity index (χ2v) is 4.53. The molecule has 1 aliphatic rings. The summed E-state index contributed by atoms with van der Waals surface area (Å²) in [5, 5.41) is 3.28. The third kappa shape index (κ3) is 2.88. The molecule has 0 bridgehead atoms. The molecule has 1 aromatic carbocycles. The molecule has 1 atom stereocenters. The lowest BCUT2D eigenvalue weighted by molar-refractivity contribution is 0.470. The summed E-state index contributed by atoms with van der Waals surface area (Å²) in [7, 11) is 0. The molecule has 0 radical (unpaired) electrons. The van der Waals surface area contributed by atoms with Gasteiger partial charge in [-0.15, -0.1) is 0 Å². The minimum Gasteiger partial charge on any atom is -0.454 e. The van der Waals surface area contributed by atoms with Gasteiger partial charge in [0.2, 0.25) is 0 Å². The van der Waals surface area contributed by atoms with Crippen molar-refractivity contribution in [1.82, 2.24) is 15.3 Å². The van der Waals surface area contributed by atoms with Crippen molar-refractivity contribution in [2.75, 3.05) is 13.1 Å². The van der Waals surface area contributed by atoms with Gasteiger partial charge in [-0.05, 0) is 25.1 Å². The van der Waals surface area contributed by atoms with E-state index < -0.39 is 0 Å². The van der Waals surface area contributed by atoms with Crippen molar-refractivity contribution >= 4 is 0 Å². The fourth-order valence-electron chi connectivity index (χ4n) is 2.13. The molecule has 2 heterocycles. The summed E-state index contributed by atoms with van der Waals surface area (Å²) in [6.07, 6.45) is 4.32. The van der Waals surface area contributed by atoms with Gasteiger partial charge in [0, 0.05) is 18.5 Å². The van der Waals surface area contributed by atoms with E-state index in [1.54, 1.807) is 24.5 Å². The Morgan fingerprint density at radius 3 is 2.74 bits per heavy atom. The van der Waals surface area contributed by atoms with E-state index in [0.29, 0.717) is 17.4 Å². The van der Waals surface area contributed by atoms with Crippen LogP contribution in [-0.4, -0.2) is 23.1 Å². The number of halogens is 1. The van der Waals surface area contributed by atoms with E-state index in [1.165, 1.54) is 12.1 Å². The molecule has 0 amide bonds. The number of hydrogen-bond donors (Lipinski definition) is 1. The zero-order valence-electron chi connectivity index (χ0n) is 10.3. The standard InChI is InChI=1S/C14H14FN3O/c15-11-2-1-3-12(6-11)19-13-8-17-14(18-9-13)10-4-5-16-7-10/h1-3,6,8-10,16H,4-5,7H2. The summed E-state index contributed by atoms with van der Waals surface area (Å²) in [6, 6.07) is 6.00. The van der Waals surface area contributed by atoms with Crippen LogP contribution < -0.4 is 10.1 Å². The van der Waals surface area contributed by atoms with E-state index in [-0.39, 0.29) is 5.82 Å². The largest absolute Gasteiger partial charge is 0.454 e. The lowest BCUT2D eigenvalue weighted by Crippen LogP contribution is -2.10. The molecule has 0 saturated carbocycles. The number of hydrogen-bond acceptors (Lipinski definition) is 4. The van der Waals surface area contributed by atoms with Gasteiger partial charge in [0.15, 0.2) is 5.75 Å². The molecular weight excluding hydrogens is 245 g/mol. The molecule has 19 heavy (non-hydrogen) atoms. The molecule has 1 unspecified atom stereocenters. The zero-order chi connectivity index (χ0) is 13.1. The first kappa shape index (κ1) is 12.0. The van der Waals surface area contributed by atoms with Gasteiger partial charge in [-0.25, -0.2) is 14.4 Å². The Morgan fingerprint density at radius 2 is 2.05 bits per heavy atom. The van der Waals surface area contributed by atoms with Crippen LogP contribution in [0.5, 0.6) is 11.5 Å². The number of aromatic nitrogens is 2. The predicted octanol–water partition coefficient (Wildman–Crippen LogP) is 2.48. The summed E-state index contributed by atoms with van der Waals surface area (Å²) >= 11 is 0. The van der Waals surface area contributed by atoms with Crippen LogP contribution in [0.2, 0.25) is 0 Å². The Labute approximate surface area is 110 Å². The molecule has 1 fully saturated rings. The Hall–Kier alpha value is -2.01. The normalized spacial score (nSPS) is 18.5. The van der Waals surface area contributed by atoms with Crippen LogP contribution in [0, 0.1) is 5.82 Å². The Balaban J connectivity index is 1.72. The number of rotatable bonds is 3. The summed E-state index contributed by atoms with van der Waals surface area (Å²) < 4.78 is 18.5. The molecule has 4 nitrogen and oxygen atoms in total. The van der Waals surface area contributed by atoms with Crippen molar-refractivity contribution in [3.8, 4) is 11.5 Å². The molecule has 98 valence electrons. The van der Waals surface area contributed by atoms with Crippen molar-refractivity contribution in [3.63, 3.8) is 0 Å². The second-order valence-electron chi connectivity index (χ2n) is 4.53. The molecule has 1 aromatic heterocycles. The van der Waals surface area contributed by atoms with E-state index in [1.807, 2.05) is 0 Å². The van der Waals surface area contributed by atoms with Gasteiger partial charge in [0.25, 0.3) is 0 Å². The minimum absolute atomic E-state index is 0.327. The van der Waals surface area contributed by atoms with E-state index in [2.05, 4.69) is 15.3 Å². The first-order chi connectivity index (χ1) is 9.31. The Morgan fingerprint density at radius 1 is 1.21 bits per heavy atom. The Kier molecular flexibility index (Phi) is 3.37. The van der Waals surface area contributed by atoms with Crippen LogP contribution in [-0.2, 0) is 0 Å². The second kappa shape index (κ2) is 5.32. The molecule has 5 heteroatoms. The number of nitrogens with one attached hydrogen (secondary N) is 1. The zero-order valence-corrected chi connectivity index (χ0v) is 10.3. The van der Waals surface area contributed by atoms with Crippen LogP contribution in [0.15, 0.2) is 36.7 Å². The molecule has 0 spiro atoms. The average molecular weight is 259 g/mol. The first-order valence-electron chi connectivity index (χ1n) is 6.27. The lowest BCUT2D eigenvalue weighted by atomic mass is 10.1. The highest BCUT2D eigenvalue weighted by Crippen LogP contribution is 2.23. The summed E-state index contributed by atoms with van der Waals surface area (Å²) in [5.41, 5.74) is 0. The van der Waals surface area contributed by atoms with E-state index in [0.717, 1.165) is 25.3 Å². The van der Waals surface area contributed by atoms with Gasteiger partial charge < -0.3 is 10.1 Å². The fraction of sp³-hybridized carbons (Fsp3) is 0.286. The van der Waals surface area contributed by atoms with Crippen LogP contribution >= 0.6 is 0 Å². The van der Waals surface area contributed by atoms with Gasteiger partial charge in [-0.3, -0.25) is 0 Å². The summed E-state index contributed by atoms with van der Waals surface area (Å²) in [5.74, 6) is 1.84. The van der Waals surface area contributed by atoms with Gasteiger partial charge in [-0.2, -0.15) is 0 Å². The van der Waals surface area contributed by atoms with Crippen molar-refractivity contribution in [2.45, 2.75) is 12.3 Å². The van der Waals surface area contributed by atoms with E-state index in [4.69, 9.17) is 4.74 Å². The van der Waals surface area contributed by atoms with E-state index >= 15 is 0 Å². The highest BCUT2D eigenvalue weighted by atomic mass is 19.1. The Bertz CT molecular complexity index is 553. The maximum Gasteiger partial charge on any atom is 0.164 e. The van der Waals surface area contributed by atoms with Crippen LogP contribution in [0.4, 0.5) is 4.39 Å². The van der Waals surface area contributed by atoms with E-state index in [9.17, 15) is 4.39 Å². The molecule has 0 aliphatic carbocycles. The molecular formula is C14H14FN3O. The van der Waals surface area contributed by atoms with Gasteiger partial charge >= 0.3 is 0 Å². The number of ether oxygens (including phenoxy) is 1. The number of benzene rings is 1. The van der Waals surface area contributed by atoms with Crippen LogP contribution in [0.1, 0.15) is 18.2 Å². The summed E-state index contributed by atoms with van der Waals surface area (Å²) in [4.78, 5) is 8.62. The third-order valence-electron chi connectivity index (χ3n) is 3.11. The van der Waals surface area contributed by atoms with Crippen molar-refractivity contribution < 1.29 is 9.13 Å². The monoisotopic (exact) mass is 259 g/mol. The smallest absolute Gasteiger partial charge is 0.164 e. The van der Waals surface area contributed by atoms with Crippen LogP contribution in [0.3, 0.4) is 0 Å². The third-order valence-corrected chi connectivity index (χ3v) is 3.11. The average Bonchev–Trinajstić information content (AvgIpc) is 2.94. The first-order valence-corrected chi connectivity index (χ1v) is 6.27. The lowest BCUT2D eigenvalue weighted by Gasteiger charge is -2.08. The predicted molar refractivity (Wildman–Crippen MR) is 68.7 cm³/mol. The van der Waals surface area contributed by atoms with Crippen molar-refractivity contribution in [3.05, 3.63) is 48.3 Å². The van der Waals surface area contributed by atoms with Gasteiger partial charge in [-0.1, -0.05) is 6.07 Å². The maximum absolute atomic E-state index is 13.0. The number of nitrogens with zero attached hydrogens (tertiary/aromatic N) is 2. The quantitative estimate of drug-likeness (QED) is 0.920. The highest BCUT2D eigenvalue weighted by Gasteiger charge is 2.18. The van der Waals surface area contributed by atoms with Gasteiger partial charge in [0.05, 0.1) is 12.4 Å². The molecule has 1 N–H and O–H groups in total. The van der Waals surface area contributed by atoms with Crippen molar-refractivity contribution in [2.24, 2.45) is 0 Å². The van der Waals surface area contributed by atoms with Crippen molar-refractivity contribution in [1.29, 1.82) is 0 Å². The molecule has 1 saturated heterocycles. The molecule has 3 rings (SSSR count). The maximum atomic E-state index is 13.0. The fourth-order valence-corrected chi connectivity index (χ4v) is 2.13. The molecule has 1 aliphatic heterocycles. The van der Waals surface area contributed by atoms with Crippen LogP contribution in [0.25, 0.3) is 0 Å². The topological polar surface area (TPSA) is 47.0 Å². The highest BCUT2D eigenvalue weighted by molar-refractivity contribution is 5.28. The molecule has 2 aromatic rings. The minimum atomic E-state index is -0.327.